The van der Waals surface area contributed by atoms with Crippen LogP contribution < -0.4 is 4.74 Å². The molecule has 1 unspecified atom stereocenters. The van der Waals surface area contributed by atoms with Crippen molar-refractivity contribution >= 4 is 15.7 Å². The Kier molecular flexibility index (Phi) is 6.20. The molecule has 1 aliphatic heterocycles. The third-order valence-electron chi connectivity index (χ3n) is 5.18. The highest BCUT2D eigenvalue weighted by Crippen LogP contribution is 2.41. The number of halogens is 6. The van der Waals surface area contributed by atoms with Crippen LogP contribution in [0.2, 0.25) is 0 Å². The van der Waals surface area contributed by atoms with Crippen molar-refractivity contribution in [1.82, 2.24) is 4.90 Å². The second-order valence-electron chi connectivity index (χ2n) is 7.11. The fourth-order valence-corrected chi connectivity index (χ4v) is 4.61. The van der Waals surface area contributed by atoms with Gasteiger partial charge in [0, 0.05) is 19.0 Å². The number of amides is 1. The van der Waals surface area contributed by atoms with Gasteiger partial charge in [-0.2, -0.15) is 26.3 Å². The Morgan fingerprint density at radius 2 is 1.69 bits per heavy atom. The standard InChI is InChI=1S/C20H17F6NO4S/c1-31-16-10-14-13(9-17(16)32(29,30)20(24,25)26)7-8-27(18(28)19(21,22)23)11-15(14)12-5-3-2-4-6-12/h2-6,9-10,15H,7-8,11H2,1H3. The van der Waals surface area contributed by atoms with Gasteiger partial charge >= 0.3 is 17.6 Å². The first-order valence-electron chi connectivity index (χ1n) is 9.20. The van der Waals surface area contributed by atoms with Crippen molar-refractivity contribution in [3.8, 4) is 5.75 Å². The van der Waals surface area contributed by atoms with Crippen LogP contribution in [-0.4, -0.2) is 51.1 Å². The molecule has 2 aromatic carbocycles. The highest BCUT2D eigenvalue weighted by atomic mass is 32.2. The van der Waals surface area contributed by atoms with Crippen LogP contribution in [0, 0.1) is 0 Å². The molecule has 12 heteroatoms. The molecule has 1 amide bonds. The van der Waals surface area contributed by atoms with Crippen molar-refractivity contribution in [2.24, 2.45) is 0 Å². The predicted molar refractivity (Wildman–Crippen MR) is 101 cm³/mol. The molecule has 174 valence electrons. The molecule has 2 aromatic rings. The number of fused-ring (bicyclic) bond motifs is 1. The molecule has 0 saturated heterocycles. The molecule has 0 saturated carbocycles. The third kappa shape index (κ3) is 4.41. The highest BCUT2D eigenvalue weighted by Gasteiger charge is 2.49. The van der Waals surface area contributed by atoms with Crippen LogP contribution >= 0.6 is 0 Å². The third-order valence-corrected chi connectivity index (χ3v) is 6.69. The van der Waals surface area contributed by atoms with Gasteiger partial charge in [-0.05, 0) is 35.2 Å². The average Bonchev–Trinajstić information content (AvgIpc) is 2.90. The summed E-state index contributed by atoms with van der Waals surface area (Å²) in [6, 6.07) is 9.97. The second kappa shape index (κ2) is 8.30. The number of carbonyl (C=O) groups is 1. The van der Waals surface area contributed by atoms with Crippen molar-refractivity contribution < 1.29 is 44.3 Å². The monoisotopic (exact) mass is 481 g/mol. The van der Waals surface area contributed by atoms with Crippen LogP contribution in [-0.2, 0) is 21.1 Å². The number of nitrogens with zero attached hydrogens (tertiary/aromatic N) is 1. The summed E-state index contributed by atoms with van der Waals surface area (Å²) in [6.07, 6.45) is -5.41. The molecule has 0 N–H and O–H groups in total. The van der Waals surface area contributed by atoms with Crippen molar-refractivity contribution in [1.29, 1.82) is 0 Å². The van der Waals surface area contributed by atoms with Gasteiger partial charge in [-0.3, -0.25) is 4.79 Å². The average molecular weight is 481 g/mol. The maximum atomic E-state index is 13.2. The van der Waals surface area contributed by atoms with Gasteiger partial charge < -0.3 is 9.64 Å². The van der Waals surface area contributed by atoms with Crippen molar-refractivity contribution in [2.75, 3.05) is 20.2 Å². The van der Waals surface area contributed by atoms with Crippen molar-refractivity contribution in [3.05, 3.63) is 59.2 Å². The topological polar surface area (TPSA) is 63.7 Å². The molecule has 5 nitrogen and oxygen atoms in total. The van der Waals surface area contributed by atoms with Gasteiger partial charge in [-0.25, -0.2) is 8.42 Å². The molecule has 0 aromatic heterocycles. The van der Waals surface area contributed by atoms with Crippen LogP contribution in [0.1, 0.15) is 22.6 Å². The van der Waals surface area contributed by atoms with Gasteiger partial charge in [-0.1, -0.05) is 30.3 Å². The van der Waals surface area contributed by atoms with E-state index in [9.17, 15) is 39.6 Å². The van der Waals surface area contributed by atoms with Crippen molar-refractivity contribution in [2.45, 2.75) is 28.9 Å². The van der Waals surface area contributed by atoms with Crippen LogP contribution in [0.15, 0.2) is 47.4 Å². The summed E-state index contributed by atoms with van der Waals surface area (Å²) < 4.78 is 108. The molecule has 0 fully saturated rings. The van der Waals surface area contributed by atoms with E-state index in [-0.39, 0.29) is 17.5 Å². The van der Waals surface area contributed by atoms with E-state index in [0.29, 0.717) is 10.5 Å². The lowest BCUT2D eigenvalue weighted by molar-refractivity contribution is -0.185. The largest absolute Gasteiger partial charge is 0.502 e. The smallest absolute Gasteiger partial charge is 0.495 e. The van der Waals surface area contributed by atoms with E-state index < -0.39 is 57.1 Å². The molecular weight excluding hydrogens is 464 g/mol. The molecular formula is C20H17F6NO4S. The first kappa shape index (κ1) is 23.9. The first-order chi connectivity index (χ1) is 14.8. The van der Waals surface area contributed by atoms with Gasteiger partial charge in [-0.15, -0.1) is 0 Å². The summed E-state index contributed by atoms with van der Waals surface area (Å²) in [5.74, 6) is -3.52. The van der Waals surface area contributed by atoms with E-state index in [2.05, 4.69) is 0 Å². The summed E-state index contributed by atoms with van der Waals surface area (Å²) in [6.45, 7) is -0.851. The Labute approximate surface area is 179 Å². The number of alkyl halides is 6. The zero-order valence-corrected chi connectivity index (χ0v) is 17.3. The minimum Gasteiger partial charge on any atom is -0.495 e. The number of carbonyl (C=O) groups excluding carboxylic acids is 1. The lowest BCUT2D eigenvalue weighted by atomic mass is 9.88. The molecule has 0 bridgehead atoms. The van der Waals surface area contributed by atoms with E-state index >= 15 is 0 Å². The Morgan fingerprint density at radius 3 is 2.22 bits per heavy atom. The van der Waals surface area contributed by atoms with Crippen LogP contribution in [0.5, 0.6) is 5.75 Å². The minimum absolute atomic E-state index is 0.0833. The summed E-state index contributed by atoms with van der Waals surface area (Å²) in [5, 5.41) is 0. The van der Waals surface area contributed by atoms with E-state index in [1.165, 1.54) is 0 Å². The molecule has 1 aliphatic rings. The Morgan fingerprint density at radius 1 is 1.06 bits per heavy atom. The molecule has 3 rings (SSSR count). The van der Waals surface area contributed by atoms with Crippen LogP contribution in [0.25, 0.3) is 0 Å². The minimum atomic E-state index is -5.79. The van der Waals surface area contributed by atoms with Gasteiger partial charge in [0.1, 0.15) is 10.6 Å². The Hall–Kier alpha value is -2.76. The Bertz CT molecular complexity index is 1110. The normalized spacial score (nSPS) is 17.5. The van der Waals surface area contributed by atoms with Crippen LogP contribution in [0.3, 0.4) is 0 Å². The molecule has 0 aliphatic carbocycles. The highest BCUT2D eigenvalue weighted by molar-refractivity contribution is 7.92. The second-order valence-corrected chi connectivity index (χ2v) is 9.02. The zero-order chi connectivity index (χ0) is 23.9. The van der Waals surface area contributed by atoms with Crippen LogP contribution in [0.4, 0.5) is 26.3 Å². The first-order valence-corrected chi connectivity index (χ1v) is 10.7. The van der Waals surface area contributed by atoms with Gasteiger partial charge in [0.15, 0.2) is 0 Å². The molecule has 1 atom stereocenters. The number of sulfone groups is 1. The zero-order valence-electron chi connectivity index (χ0n) is 16.5. The van der Waals surface area contributed by atoms with E-state index in [1.54, 1.807) is 30.3 Å². The van der Waals surface area contributed by atoms with Gasteiger partial charge in [0.25, 0.3) is 9.84 Å². The fraction of sp³-hybridized carbons (Fsp3) is 0.350. The maximum absolute atomic E-state index is 13.2. The fourth-order valence-electron chi connectivity index (χ4n) is 3.65. The van der Waals surface area contributed by atoms with Crippen molar-refractivity contribution in [3.63, 3.8) is 0 Å². The summed E-state index contributed by atoms with van der Waals surface area (Å²) in [4.78, 5) is 11.4. The number of rotatable bonds is 3. The van der Waals surface area contributed by atoms with E-state index in [4.69, 9.17) is 4.74 Å². The molecule has 0 radical (unpaired) electrons. The summed E-state index contributed by atoms with van der Waals surface area (Å²) >= 11 is 0. The number of methoxy groups -OCH3 is 1. The van der Waals surface area contributed by atoms with Gasteiger partial charge in [0.05, 0.1) is 7.11 Å². The number of hydrogen-bond donors (Lipinski definition) is 0. The quantitative estimate of drug-likeness (QED) is 0.621. The van der Waals surface area contributed by atoms with E-state index in [0.717, 1.165) is 19.2 Å². The lowest BCUT2D eigenvalue weighted by Crippen LogP contribution is -2.43. The summed E-state index contributed by atoms with van der Waals surface area (Å²) in [7, 11) is -4.79. The lowest BCUT2D eigenvalue weighted by Gasteiger charge is -2.26. The molecule has 0 spiro atoms. The number of ether oxygens (including phenoxy) is 1. The Balaban J connectivity index is 2.21. The number of benzene rings is 2. The van der Waals surface area contributed by atoms with E-state index in [1.807, 2.05) is 0 Å². The molecule has 32 heavy (non-hydrogen) atoms. The molecule has 1 heterocycles. The predicted octanol–water partition coefficient (Wildman–Crippen LogP) is 4.07. The SMILES string of the molecule is COc1cc2c(cc1S(=O)(=O)C(F)(F)F)CCN(C(=O)C(F)(F)F)CC2c1ccccc1. The summed E-state index contributed by atoms with van der Waals surface area (Å²) in [5.41, 5.74) is -4.73. The van der Waals surface area contributed by atoms with Gasteiger partial charge in [0.2, 0.25) is 0 Å². The number of hydrogen-bond acceptors (Lipinski definition) is 4. The maximum Gasteiger partial charge on any atom is 0.502 e.